The number of hydrogen-bond acceptors (Lipinski definition) is 7. The molecule has 0 fully saturated rings. The molecule has 15 heteroatoms. The van der Waals surface area contributed by atoms with E-state index in [1.54, 1.807) is 13.2 Å². The maximum atomic E-state index is 12.6. The van der Waals surface area contributed by atoms with E-state index in [9.17, 15) is 29.4 Å². The first-order chi connectivity index (χ1) is 38.0. The molecule has 396 valence electrons. The van der Waals surface area contributed by atoms with Gasteiger partial charge in [-0.05, 0) is 86.7 Å². The van der Waals surface area contributed by atoms with Crippen molar-refractivity contribution in [2.45, 2.75) is 50.1 Å². The normalized spacial score (nSPS) is 13.0. The summed E-state index contributed by atoms with van der Waals surface area (Å²) in [7, 11) is 1.67. The fourth-order valence-corrected chi connectivity index (χ4v) is 10.3. The van der Waals surface area contributed by atoms with Gasteiger partial charge < -0.3 is 51.3 Å². The summed E-state index contributed by atoms with van der Waals surface area (Å²) in [6, 6.07) is 55.8. The van der Waals surface area contributed by atoms with Crippen molar-refractivity contribution < 1.29 is 38.9 Å². The Kier molecular flexibility index (Phi) is 16.9. The number of benzene rings is 7. The molecule has 7 aromatic carbocycles. The van der Waals surface area contributed by atoms with Crippen molar-refractivity contribution in [3.63, 3.8) is 0 Å². The number of ether oxygens (including phenoxy) is 2. The van der Waals surface area contributed by atoms with Crippen LogP contribution in [0.25, 0.3) is 44.1 Å². The molecule has 15 nitrogen and oxygen atoms in total. The van der Waals surface area contributed by atoms with Gasteiger partial charge >= 0.3 is 24.1 Å². The number of aromatic amines is 2. The van der Waals surface area contributed by atoms with E-state index in [-0.39, 0.29) is 37.9 Å². The number of guanidine groups is 1. The van der Waals surface area contributed by atoms with Crippen molar-refractivity contribution in [3.8, 4) is 22.3 Å². The Labute approximate surface area is 451 Å². The van der Waals surface area contributed by atoms with Gasteiger partial charge in [-0.2, -0.15) is 0 Å². The molecule has 2 aliphatic rings. The molecule has 0 saturated heterocycles. The number of alkyl carbamates (subject to hydrolysis) is 2. The van der Waals surface area contributed by atoms with Crippen molar-refractivity contribution in [2.24, 2.45) is 10.7 Å². The number of aliphatic imine (C=N–C) groups is 1. The smallest absolute Gasteiger partial charge is 0.407 e. The average molecular weight is 1040 g/mol. The summed E-state index contributed by atoms with van der Waals surface area (Å²) in [5.74, 6) is -1.87. The van der Waals surface area contributed by atoms with Crippen LogP contribution < -0.4 is 21.7 Å². The fraction of sp³-hybridized carbons (Fsp3) is 0.190. The Hall–Kier alpha value is -9.63. The van der Waals surface area contributed by atoms with Crippen molar-refractivity contribution in [1.82, 2.24) is 25.9 Å². The van der Waals surface area contributed by atoms with Gasteiger partial charge in [-0.1, -0.05) is 164 Å². The minimum absolute atomic E-state index is 0.0787. The van der Waals surface area contributed by atoms with Crippen molar-refractivity contribution in [2.75, 3.05) is 26.8 Å². The van der Waals surface area contributed by atoms with Crippen LogP contribution in [-0.4, -0.2) is 89.2 Å². The molecular weight excluding hydrogens is 983 g/mol. The van der Waals surface area contributed by atoms with E-state index in [4.69, 9.17) is 15.2 Å². The second-order valence-corrected chi connectivity index (χ2v) is 19.0. The molecule has 2 aromatic heterocycles. The lowest BCUT2D eigenvalue weighted by atomic mass is 9.98. The molecule has 11 rings (SSSR count). The van der Waals surface area contributed by atoms with E-state index < -0.39 is 36.2 Å². The maximum Gasteiger partial charge on any atom is 0.407 e. The third kappa shape index (κ3) is 12.4. The van der Waals surface area contributed by atoms with Crippen LogP contribution >= 0.6 is 0 Å². The molecule has 2 heterocycles. The molecule has 0 radical (unpaired) electrons. The first-order valence-corrected chi connectivity index (χ1v) is 25.8. The van der Waals surface area contributed by atoms with Crippen molar-refractivity contribution in [1.29, 1.82) is 0 Å². The summed E-state index contributed by atoms with van der Waals surface area (Å²) in [6.07, 6.45) is 1.59. The number of carbonyl (C=O) groups excluding carboxylic acids is 2. The highest BCUT2D eigenvalue weighted by molar-refractivity contribution is 5.88. The van der Waals surface area contributed by atoms with Gasteiger partial charge in [0.05, 0.1) is 0 Å². The van der Waals surface area contributed by atoms with Gasteiger partial charge in [-0.15, -0.1) is 0 Å². The number of aryl methyl sites for hydroxylation is 1. The van der Waals surface area contributed by atoms with Gasteiger partial charge in [0.1, 0.15) is 25.3 Å². The van der Waals surface area contributed by atoms with Crippen LogP contribution in [0.5, 0.6) is 0 Å². The lowest BCUT2D eigenvalue weighted by Gasteiger charge is -2.17. The number of carbonyl (C=O) groups is 4. The molecule has 0 bridgehead atoms. The van der Waals surface area contributed by atoms with Crippen LogP contribution in [0.3, 0.4) is 0 Å². The summed E-state index contributed by atoms with van der Waals surface area (Å²) < 4.78 is 11.0. The van der Waals surface area contributed by atoms with Gasteiger partial charge in [0, 0.05) is 72.0 Å². The number of fused-ring (bicyclic) bond motifs is 8. The maximum absolute atomic E-state index is 12.6. The highest BCUT2D eigenvalue weighted by Crippen LogP contribution is 2.46. The molecule has 2 aliphatic carbocycles. The Bertz CT molecular complexity index is 3520. The molecule has 0 saturated carbocycles. The van der Waals surface area contributed by atoms with Crippen LogP contribution in [-0.2, 0) is 38.3 Å². The van der Waals surface area contributed by atoms with E-state index in [0.29, 0.717) is 5.96 Å². The standard InChI is InChI=1S/C27H24N2O4.C26H22N2O4.C10H15N3/c1-16-22(21-12-6-7-13-24(21)28-16)14-25(26(30)31)29-27(32)33-15-23-19-10-4-2-8-17(19)18-9-3-5-11-20(18)23;29-25(30)24(13-16-14-27-23-12-6-5-7-17(16)23)28-26(31)32-15-22-20-10-3-1-8-18(20)19-9-2-4-11-21(19)22;1-12-10(11)13-8-7-9-5-3-2-4-6-9/h2-13,23,25,28H,14-15H2,1H3,(H,29,32)(H,30,31);1-12,14,22,24,27H,13,15H2,(H,28,31)(H,29,30);2-6H,7-8H2,1H3,(H3,11,12,13)/t;24-;/m.0./s1. The number of carboxylic acid groups (broad SMARTS) is 2. The number of H-pyrrole nitrogens is 2. The molecule has 0 spiro atoms. The van der Waals surface area contributed by atoms with E-state index in [1.165, 1.54) is 5.56 Å². The van der Waals surface area contributed by atoms with Crippen LogP contribution in [0.1, 0.15) is 56.5 Å². The first kappa shape index (κ1) is 53.2. The number of nitrogens with two attached hydrogens (primary N) is 1. The first-order valence-electron chi connectivity index (χ1n) is 25.8. The SMILES string of the molecule is CN=C(N)NCCc1ccccc1.Cc1[nH]c2ccccc2c1CC(NC(=O)OCC1c2ccccc2-c2ccccc21)C(=O)O.O=C(N[C@@H](Cc1c[nH]c2ccccc12)C(=O)O)OCC1c2ccccc2-c2ccccc21. The predicted molar refractivity (Wildman–Crippen MR) is 304 cm³/mol. The summed E-state index contributed by atoms with van der Waals surface area (Å²) in [4.78, 5) is 59.1. The summed E-state index contributed by atoms with van der Waals surface area (Å²) >= 11 is 0. The molecule has 1 unspecified atom stereocenters. The van der Waals surface area contributed by atoms with Gasteiger partial charge in [-0.25, -0.2) is 19.2 Å². The number of nitrogens with zero attached hydrogens (tertiary/aromatic N) is 1. The second-order valence-electron chi connectivity index (χ2n) is 19.0. The summed E-state index contributed by atoms with van der Waals surface area (Å²) in [6.45, 7) is 3.01. The number of aromatic nitrogens is 2. The predicted octanol–water partition coefficient (Wildman–Crippen LogP) is 10.5. The minimum atomic E-state index is -1.11. The minimum Gasteiger partial charge on any atom is -0.480 e. The monoisotopic (exact) mass is 1040 g/mol. The number of aliphatic carboxylic acids is 2. The number of nitrogens with one attached hydrogen (secondary N) is 5. The Balaban J connectivity index is 0.000000155. The zero-order valence-corrected chi connectivity index (χ0v) is 43.2. The Morgan fingerprint density at radius 3 is 1.51 bits per heavy atom. The number of amides is 2. The highest BCUT2D eigenvalue weighted by atomic mass is 16.6. The molecular formula is C63H61N7O8. The second kappa shape index (κ2) is 24.8. The van der Waals surface area contributed by atoms with Gasteiger partial charge in [0.2, 0.25) is 0 Å². The lowest BCUT2D eigenvalue weighted by molar-refractivity contribution is -0.140. The largest absolute Gasteiger partial charge is 0.480 e. The average Bonchev–Trinajstić information content (AvgIpc) is 4.34. The van der Waals surface area contributed by atoms with E-state index in [1.807, 2.05) is 146 Å². The quantitative estimate of drug-likeness (QED) is 0.0357. The third-order valence-electron chi connectivity index (χ3n) is 14.2. The molecule has 9 aromatic rings. The van der Waals surface area contributed by atoms with Gasteiger partial charge in [0.15, 0.2) is 5.96 Å². The van der Waals surface area contributed by atoms with E-state index in [0.717, 1.165) is 96.1 Å². The fourth-order valence-electron chi connectivity index (χ4n) is 10.3. The van der Waals surface area contributed by atoms with E-state index >= 15 is 0 Å². The van der Waals surface area contributed by atoms with Crippen LogP contribution in [0.4, 0.5) is 9.59 Å². The Morgan fingerprint density at radius 1 is 0.577 bits per heavy atom. The molecule has 2 amide bonds. The van der Waals surface area contributed by atoms with Crippen LogP contribution in [0, 0.1) is 6.92 Å². The Morgan fingerprint density at radius 2 is 1.01 bits per heavy atom. The zero-order chi connectivity index (χ0) is 54.5. The molecule has 0 aliphatic heterocycles. The molecule has 2 atom stereocenters. The zero-order valence-electron chi connectivity index (χ0n) is 43.2. The lowest BCUT2D eigenvalue weighted by Crippen LogP contribution is -2.43. The van der Waals surface area contributed by atoms with Crippen molar-refractivity contribution in [3.05, 3.63) is 227 Å². The number of carboxylic acids is 2. The topological polar surface area (TPSA) is 233 Å². The third-order valence-corrected chi connectivity index (χ3v) is 14.2. The van der Waals surface area contributed by atoms with Gasteiger partial charge in [0.25, 0.3) is 0 Å². The van der Waals surface area contributed by atoms with Crippen LogP contribution in [0.15, 0.2) is 187 Å². The summed E-state index contributed by atoms with van der Waals surface area (Å²) in [5.41, 5.74) is 20.2. The van der Waals surface area contributed by atoms with Crippen LogP contribution in [0.2, 0.25) is 0 Å². The number of hydrogen-bond donors (Lipinski definition) is 8. The number of para-hydroxylation sites is 2. The van der Waals surface area contributed by atoms with E-state index in [2.05, 4.69) is 67.3 Å². The molecule has 78 heavy (non-hydrogen) atoms. The highest BCUT2D eigenvalue weighted by Gasteiger charge is 2.32. The van der Waals surface area contributed by atoms with Crippen molar-refractivity contribution >= 4 is 51.9 Å². The summed E-state index contributed by atoms with van der Waals surface area (Å²) in [5, 5.41) is 29.4. The molecule has 9 N–H and O–H groups in total. The van der Waals surface area contributed by atoms with Gasteiger partial charge in [-0.3, -0.25) is 4.99 Å². The number of rotatable bonds is 15.